The van der Waals surface area contributed by atoms with Crippen molar-refractivity contribution >= 4 is 34.6 Å². The van der Waals surface area contributed by atoms with Crippen LogP contribution in [0.4, 0.5) is 0 Å². The van der Waals surface area contributed by atoms with E-state index >= 15 is 0 Å². The Labute approximate surface area is 209 Å². The van der Waals surface area contributed by atoms with E-state index in [0.717, 1.165) is 11.3 Å². The second-order valence-corrected chi connectivity index (χ2v) is 8.61. The molecule has 2 aromatic rings. The lowest BCUT2D eigenvalue weighted by atomic mass is 9.78. The summed E-state index contributed by atoms with van der Waals surface area (Å²) in [7, 11) is 0. The van der Waals surface area contributed by atoms with E-state index in [-0.39, 0.29) is 17.9 Å². The molecule has 0 amide bonds. The monoisotopic (exact) mass is 578 g/mol. The predicted octanol–water partition coefficient (Wildman–Crippen LogP) is 4.77. The van der Waals surface area contributed by atoms with Gasteiger partial charge in [0.1, 0.15) is 53.8 Å². The molecule has 2 rings (SSSR count). The van der Waals surface area contributed by atoms with Crippen LogP contribution in [0.3, 0.4) is 0 Å². The number of ether oxygens (including phenoxy) is 4. The second-order valence-electron chi connectivity index (χ2n) is 7.68. The molecule has 8 heteroatoms. The van der Waals surface area contributed by atoms with Crippen LogP contribution in [0.1, 0.15) is 25.0 Å². The quantitative estimate of drug-likeness (QED) is 0.176. The lowest BCUT2D eigenvalue weighted by molar-refractivity contribution is 0.0308. The molecule has 0 radical (unpaired) electrons. The number of aliphatic hydroxyl groups is 1. The Kier molecular flexibility index (Phi) is 12.7. The van der Waals surface area contributed by atoms with Crippen LogP contribution < -0.4 is 9.47 Å². The van der Waals surface area contributed by atoms with Crippen LogP contribution in [0.5, 0.6) is 11.5 Å². The maximum Gasteiger partial charge on any atom is 0.119 e. The van der Waals surface area contributed by atoms with Gasteiger partial charge in [-0.15, -0.1) is 11.6 Å². The highest BCUT2D eigenvalue weighted by Crippen LogP contribution is 2.33. The van der Waals surface area contributed by atoms with Crippen molar-refractivity contribution in [2.45, 2.75) is 25.4 Å². The van der Waals surface area contributed by atoms with Crippen LogP contribution in [-0.2, 0) is 18.0 Å². The third kappa shape index (κ3) is 9.41. The number of alkyl halides is 1. The highest BCUT2D eigenvalue weighted by atomic mass is 127. The van der Waals surface area contributed by atoms with E-state index in [4.69, 9.17) is 33.6 Å². The third-order valence-electron chi connectivity index (χ3n) is 4.95. The van der Waals surface area contributed by atoms with Crippen LogP contribution in [-0.4, -0.2) is 63.3 Å². The number of halogens is 2. The van der Waals surface area contributed by atoms with Crippen LogP contribution in [0, 0.1) is 0 Å². The molecule has 0 fully saturated rings. The summed E-state index contributed by atoms with van der Waals surface area (Å²) in [6.07, 6.45) is -0.667. The highest BCUT2D eigenvalue weighted by Gasteiger charge is 2.23. The molecule has 32 heavy (non-hydrogen) atoms. The van der Waals surface area contributed by atoms with Gasteiger partial charge in [-0.05, 0) is 35.4 Å². The van der Waals surface area contributed by atoms with E-state index in [1.807, 2.05) is 59.4 Å². The van der Waals surface area contributed by atoms with Gasteiger partial charge in [0.25, 0.3) is 0 Å². The second kappa shape index (κ2) is 14.9. The summed E-state index contributed by atoms with van der Waals surface area (Å²) in [5, 5.41) is 9.52. The molecule has 0 saturated heterocycles. The van der Waals surface area contributed by atoms with Gasteiger partial charge in [0.05, 0.1) is 38.9 Å². The normalized spacial score (nSPS) is 12.5. The van der Waals surface area contributed by atoms with Crippen molar-refractivity contribution in [3.63, 3.8) is 0 Å². The van der Waals surface area contributed by atoms with Gasteiger partial charge >= 0.3 is 0 Å². The lowest BCUT2D eigenvalue weighted by Crippen LogP contribution is -2.20. The fourth-order valence-electron chi connectivity index (χ4n) is 2.97. The summed E-state index contributed by atoms with van der Waals surface area (Å²) < 4.78 is 27.0. The molecule has 0 aliphatic rings. The minimum atomic E-state index is -0.667. The number of aliphatic hydroxyl groups excluding tert-OH is 1. The van der Waals surface area contributed by atoms with Crippen molar-refractivity contribution in [1.29, 1.82) is 0 Å². The van der Waals surface area contributed by atoms with Gasteiger partial charge in [-0.2, -0.15) is 0 Å². The Morgan fingerprint density at radius 2 is 1.25 bits per heavy atom. The average molecular weight is 579 g/mol. The SMILES string of the molecule is CC(C)(c1ccc(OCCOCCOCCOI)cc1)c1ccc(OC[C@@H](O)CCl)cc1. The van der Waals surface area contributed by atoms with Crippen molar-refractivity contribution < 1.29 is 27.1 Å². The largest absolute Gasteiger partial charge is 0.491 e. The van der Waals surface area contributed by atoms with Gasteiger partial charge in [0, 0.05) is 5.41 Å². The summed E-state index contributed by atoms with van der Waals surface area (Å²) in [6, 6.07) is 16.0. The Balaban J connectivity index is 1.78. The maximum atomic E-state index is 9.52. The average Bonchev–Trinajstić information content (AvgIpc) is 2.82. The van der Waals surface area contributed by atoms with Gasteiger partial charge in [0.15, 0.2) is 0 Å². The minimum absolute atomic E-state index is 0.155. The van der Waals surface area contributed by atoms with Crippen molar-refractivity contribution in [3.05, 3.63) is 59.7 Å². The zero-order valence-corrected chi connectivity index (χ0v) is 21.5. The zero-order valence-electron chi connectivity index (χ0n) is 18.6. The number of hydrogen-bond donors (Lipinski definition) is 1. The Morgan fingerprint density at radius 1 is 0.781 bits per heavy atom. The molecular weight excluding hydrogens is 547 g/mol. The molecule has 0 aliphatic carbocycles. The zero-order chi connectivity index (χ0) is 23.2. The molecule has 6 nitrogen and oxygen atoms in total. The van der Waals surface area contributed by atoms with Crippen molar-refractivity contribution in [2.75, 3.05) is 52.1 Å². The van der Waals surface area contributed by atoms with E-state index in [9.17, 15) is 5.11 Å². The smallest absolute Gasteiger partial charge is 0.119 e. The van der Waals surface area contributed by atoms with Gasteiger partial charge in [-0.25, -0.2) is 0 Å². The van der Waals surface area contributed by atoms with Crippen LogP contribution in [0.2, 0.25) is 0 Å². The Bertz CT molecular complexity index is 754. The summed E-state index contributed by atoms with van der Waals surface area (Å²) in [5.41, 5.74) is 2.16. The molecule has 1 N–H and O–H groups in total. The molecule has 0 heterocycles. The molecule has 0 aromatic heterocycles. The van der Waals surface area contributed by atoms with Crippen LogP contribution in [0.25, 0.3) is 0 Å². The first-order chi connectivity index (χ1) is 15.5. The van der Waals surface area contributed by atoms with Crippen LogP contribution in [0.15, 0.2) is 48.5 Å². The fraction of sp³-hybridized carbons (Fsp3) is 0.500. The van der Waals surface area contributed by atoms with E-state index in [2.05, 4.69) is 26.0 Å². The van der Waals surface area contributed by atoms with Crippen molar-refractivity contribution in [1.82, 2.24) is 0 Å². The first kappa shape index (κ1) is 27.1. The molecule has 0 spiro atoms. The molecule has 1 atom stereocenters. The molecule has 2 aromatic carbocycles. The fourth-order valence-corrected chi connectivity index (χ4v) is 3.24. The lowest BCUT2D eigenvalue weighted by Gasteiger charge is -2.26. The Morgan fingerprint density at radius 3 is 1.75 bits per heavy atom. The van der Waals surface area contributed by atoms with Gasteiger partial charge in [-0.1, -0.05) is 38.1 Å². The molecule has 0 aliphatic heterocycles. The topological polar surface area (TPSA) is 66.4 Å². The summed E-state index contributed by atoms with van der Waals surface area (Å²) >= 11 is 7.44. The number of hydrogen-bond acceptors (Lipinski definition) is 6. The minimum Gasteiger partial charge on any atom is -0.491 e. The van der Waals surface area contributed by atoms with E-state index in [0.29, 0.717) is 45.4 Å². The van der Waals surface area contributed by atoms with Gasteiger partial charge < -0.3 is 27.1 Å². The Hall–Kier alpha value is -1.10. The number of benzene rings is 2. The highest BCUT2D eigenvalue weighted by molar-refractivity contribution is 14.1. The molecule has 0 bridgehead atoms. The summed E-state index contributed by atoms with van der Waals surface area (Å²) in [6.45, 7) is 7.77. The van der Waals surface area contributed by atoms with Gasteiger partial charge in [-0.3, -0.25) is 0 Å². The predicted molar refractivity (Wildman–Crippen MR) is 134 cm³/mol. The van der Waals surface area contributed by atoms with E-state index < -0.39 is 6.10 Å². The first-order valence-electron chi connectivity index (χ1n) is 10.6. The third-order valence-corrected chi connectivity index (χ3v) is 5.74. The maximum absolute atomic E-state index is 9.52. The number of rotatable bonds is 16. The van der Waals surface area contributed by atoms with Crippen molar-refractivity contribution in [2.24, 2.45) is 0 Å². The van der Waals surface area contributed by atoms with Crippen molar-refractivity contribution in [3.8, 4) is 11.5 Å². The molecule has 178 valence electrons. The standard InChI is InChI=1S/C24H32ClIO6/c1-24(2,20-5-9-23(10-6-20)31-18-21(27)17-25)19-3-7-22(8-4-19)30-15-13-28-11-12-29-14-16-32-26/h3-10,21,27H,11-18H2,1-2H3/t21-/m0/s1. The van der Waals surface area contributed by atoms with E-state index in [1.54, 1.807) is 0 Å². The van der Waals surface area contributed by atoms with E-state index in [1.165, 1.54) is 5.56 Å². The molecule has 0 saturated carbocycles. The summed E-state index contributed by atoms with van der Waals surface area (Å²) in [5.74, 6) is 1.67. The molecular formula is C24H32ClIO6. The first-order valence-corrected chi connectivity index (χ1v) is 12.0. The summed E-state index contributed by atoms with van der Waals surface area (Å²) in [4.78, 5) is 0. The molecule has 0 unspecified atom stereocenters. The van der Waals surface area contributed by atoms with Gasteiger partial charge in [0.2, 0.25) is 0 Å². The van der Waals surface area contributed by atoms with Crippen LogP contribution >= 0.6 is 34.6 Å².